The highest BCUT2D eigenvalue weighted by Gasteiger charge is 2.09. The Morgan fingerprint density at radius 3 is 1.76 bits per heavy atom. The van der Waals surface area contributed by atoms with Crippen LogP contribution in [-0.4, -0.2) is 10.9 Å². The number of aromatic nitrogens is 1. The molecule has 0 atom stereocenters. The number of hydrogen-bond acceptors (Lipinski definition) is 4. The normalized spacial score (nSPS) is 7.00. The SMILES string of the molecule is C#CC#CC#CC#CC#CC#CC#CC#CC#CC.Cc1ccccc1NC(=O)c1cncc(-c2ccc(F)cc2)c1.F.NN=O.[HH].[HH].[HH].[HH].[HH]. The van der Waals surface area contributed by atoms with Gasteiger partial charge < -0.3 is 5.32 Å². The number of halogens is 2. The molecule has 46 heavy (non-hydrogen) atoms. The molecule has 1 heterocycles. The third-order valence-electron chi connectivity index (χ3n) is 4.64. The summed E-state index contributed by atoms with van der Waals surface area (Å²) in [5, 5.41) is 4.63. The fraction of sp³-hybridized carbons (Fsp3) is 0.0526. The van der Waals surface area contributed by atoms with E-state index in [0.29, 0.717) is 5.56 Å². The number of amides is 1. The van der Waals surface area contributed by atoms with E-state index in [2.05, 4.69) is 117 Å². The van der Waals surface area contributed by atoms with Gasteiger partial charge in [0, 0.05) is 36.1 Å². The molecule has 0 bridgehead atoms. The molecular weight excluding hydrogens is 582 g/mol. The van der Waals surface area contributed by atoms with E-state index in [-0.39, 0.29) is 23.6 Å². The molecule has 0 aliphatic heterocycles. The van der Waals surface area contributed by atoms with Crippen molar-refractivity contribution < 1.29 is 21.0 Å². The zero-order valence-electron chi connectivity index (χ0n) is 24.5. The third-order valence-corrected chi connectivity index (χ3v) is 4.64. The third kappa shape index (κ3) is 17.2. The molecule has 6 nitrogen and oxygen atoms in total. The van der Waals surface area contributed by atoms with Gasteiger partial charge in [0.05, 0.1) is 5.56 Å². The molecule has 3 rings (SSSR count). The summed E-state index contributed by atoms with van der Waals surface area (Å²) < 4.78 is 13.0. The first kappa shape index (κ1) is 38.4. The van der Waals surface area contributed by atoms with Crippen LogP contribution >= 0.6 is 0 Å². The van der Waals surface area contributed by atoms with Crippen molar-refractivity contribution in [1.82, 2.24) is 4.98 Å². The first-order valence-corrected chi connectivity index (χ1v) is 12.4. The summed E-state index contributed by atoms with van der Waals surface area (Å²) in [6.45, 7) is 3.63. The van der Waals surface area contributed by atoms with Gasteiger partial charge in [0.15, 0.2) is 0 Å². The molecule has 0 unspecified atom stereocenters. The summed E-state index contributed by atoms with van der Waals surface area (Å²) in [7, 11) is 0. The van der Waals surface area contributed by atoms with Crippen molar-refractivity contribution in [3.05, 3.63) is 88.8 Å². The molecule has 3 aromatic rings. The van der Waals surface area contributed by atoms with Crippen LogP contribution in [0.15, 0.2) is 72.3 Å². The van der Waals surface area contributed by atoms with E-state index in [1.807, 2.05) is 31.2 Å². The van der Waals surface area contributed by atoms with E-state index in [9.17, 15) is 9.18 Å². The summed E-state index contributed by atoms with van der Waals surface area (Å²) in [4.78, 5) is 24.8. The number of benzene rings is 2. The maximum absolute atomic E-state index is 13.0. The van der Waals surface area contributed by atoms with E-state index in [4.69, 9.17) is 11.3 Å². The van der Waals surface area contributed by atoms with Crippen molar-refractivity contribution in [3.63, 3.8) is 0 Å². The second-order valence-corrected chi connectivity index (χ2v) is 7.61. The van der Waals surface area contributed by atoms with Crippen LogP contribution in [0.4, 0.5) is 14.8 Å². The fourth-order valence-corrected chi connectivity index (χ4v) is 2.78. The summed E-state index contributed by atoms with van der Waals surface area (Å²) in [5.41, 5.74) is 3.79. The Morgan fingerprint density at radius 2 is 1.28 bits per heavy atom. The van der Waals surface area contributed by atoms with Crippen LogP contribution in [0.25, 0.3) is 11.1 Å². The summed E-state index contributed by atoms with van der Waals surface area (Å²) in [6.07, 6.45) is 8.06. The topological polar surface area (TPSA) is 97.4 Å². The van der Waals surface area contributed by atoms with Gasteiger partial charge in [-0.1, -0.05) is 36.3 Å². The number of pyridine rings is 1. The predicted molar refractivity (Wildman–Crippen MR) is 189 cm³/mol. The molecule has 0 aliphatic carbocycles. The molecule has 2 aromatic carbocycles. The van der Waals surface area contributed by atoms with Crippen LogP contribution in [0, 0.1) is 125 Å². The zero-order chi connectivity index (χ0) is 33.0. The van der Waals surface area contributed by atoms with Gasteiger partial charge in [-0.25, -0.2) is 4.39 Å². The lowest BCUT2D eigenvalue weighted by molar-refractivity contribution is 0.102. The van der Waals surface area contributed by atoms with E-state index in [1.165, 1.54) is 18.3 Å². The molecule has 0 saturated heterocycles. The van der Waals surface area contributed by atoms with Crippen molar-refractivity contribution in [2.24, 2.45) is 11.1 Å². The minimum atomic E-state index is -0.296. The van der Waals surface area contributed by atoms with Crippen LogP contribution in [0.2, 0.25) is 0 Å². The number of nitrogens with one attached hydrogen (secondary N) is 1. The standard InChI is InChI=1S/C19H15FN2O.C19H4.FH.H2N2O.5H2/c1-13-4-2-3-5-18(13)22-19(23)16-10-15(11-21-12-16)14-6-8-17(20)9-7-14;1-3-5-7-9-11-13-15-17-19-18-16-14-12-10-8-6-4-2;;1-2-3;;;;;/h2-12H,1H3,(H,22,23);1H,2H3;1H;(H2,1,3);5*1H. The van der Waals surface area contributed by atoms with Crippen molar-refractivity contribution in [3.8, 4) is 118 Å². The van der Waals surface area contributed by atoms with Gasteiger partial charge in [0.1, 0.15) is 5.82 Å². The Labute approximate surface area is 274 Å². The highest BCUT2D eigenvalue weighted by molar-refractivity contribution is 6.05. The van der Waals surface area contributed by atoms with Crippen LogP contribution in [0.1, 0.15) is 30.0 Å². The van der Waals surface area contributed by atoms with Gasteiger partial charge in [-0.2, -0.15) is 0 Å². The van der Waals surface area contributed by atoms with Crippen molar-refractivity contribution in [2.75, 3.05) is 5.32 Å². The lowest BCUT2D eigenvalue weighted by atomic mass is 10.1. The van der Waals surface area contributed by atoms with E-state index in [1.54, 1.807) is 36.6 Å². The predicted octanol–water partition coefficient (Wildman–Crippen LogP) is 6.12. The van der Waals surface area contributed by atoms with E-state index >= 15 is 0 Å². The van der Waals surface area contributed by atoms with Crippen LogP contribution in [0.3, 0.4) is 0 Å². The maximum Gasteiger partial charge on any atom is 0.257 e. The molecular formula is C38H32F2N4O2. The smallest absolute Gasteiger partial charge is 0.257 e. The number of nitrogens with two attached hydrogens (primary N) is 1. The number of hydrogen-bond donors (Lipinski definition) is 2. The average Bonchev–Trinajstić information content (AvgIpc) is 3.05. The summed E-state index contributed by atoms with van der Waals surface area (Å²) in [6, 6.07) is 15.4. The number of aryl methyl sites for hydroxylation is 1. The molecule has 0 radical (unpaired) electrons. The summed E-state index contributed by atoms with van der Waals surface area (Å²) in [5.74, 6) is 45.3. The van der Waals surface area contributed by atoms with Crippen molar-refractivity contribution in [2.45, 2.75) is 13.8 Å². The average molecular weight is 615 g/mol. The Morgan fingerprint density at radius 1 is 0.804 bits per heavy atom. The molecule has 3 N–H and O–H groups in total. The van der Waals surface area contributed by atoms with Crippen molar-refractivity contribution in [1.29, 1.82) is 0 Å². The summed E-state index contributed by atoms with van der Waals surface area (Å²) >= 11 is 0. The van der Waals surface area contributed by atoms with Gasteiger partial charge >= 0.3 is 0 Å². The van der Waals surface area contributed by atoms with E-state index in [0.717, 1.165) is 22.4 Å². The largest absolute Gasteiger partial charge is 0.322 e. The number of anilines is 1. The van der Waals surface area contributed by atoms with Crippen LogP contribution in [0.5, 0.6) is 0 Å². The van der Waals surface area contributed by atoms with Gasteiger partial charge in [-0.15, -0.1) is 11.3 Å². The number of terminal acetylenes is 1. The van der Waals surface area contributed by atoms with Crippen molar-refractivity contribution >= 4 is 11.6 Å². The fourth-order valence-electron chi connectivity index (χ4n) is 2.78. The zero-order valence-corrected chi connectivity index (χ0v) is 24.5. The Hall–Kier alpha value is -7.64. The second kappa shape index (κ2) is 25.1. The Kier molecular flexibility index (Phi) is 20.9. The number of rotatable bonds is 3. The van der Waals surface area contributed by atoms with Gasteiger partial charge in [0.25, 0.3) is 5.91 Å². The van der Waals surface area contributed by atoms with Gasteiger partial charge in [-0.3, -0.25) is 20.3 Å². The molecule has 1 aromatic heterocycles. The number of nitrogens with zero attached hydrogens (tertiary/aromatic N) is 2. The number of nitroso groups, excluding NO2 is 1. The lowest BCUT2D eigenvalue weighted by Crippen LogP contribution is -2.13. The van der Waals surface area contributed by atoms with Crippen LogP contribution in [-0.2, 0) is 0 Å². The molecule has 1 amide bonds. The number of carbonyl (C=O) groups excluding carboxylic acids is 1. The molecule has 0 aliphatic rings. The Bertz CT molecular complexity index is 2100. The highest BCUT2D eigenvalue weighted by atomic mass is 19.1. The first-order valence-electron chi connectivity index (χ1n) is 12.4. The first-order chi connectivity index (χ1) is 22.0. The quantitative estimate of drug-likeness (QED) is 0.161. The molecule has 0 spiro atoms. The van der Waals surface area contributed by atoms with Gasteiger partial charge in [-0.05, 0) is 144 Å². The molecule has 0 saturated carbocycles. The Balaban J connectivity index is -0.000000168. The maximum atomic E-state index is 13.0. The minimum absolute atomic E-state index is 0. The minimum Gasteiger partial charge on any atom is -0.322 e. The highest BCUT2D eigenvalue weighted by Crippen LogP contribution is 2.21. The molecule has 0 fully saturated rings. The second-order valence-electron chi connectivity index (χ2n) is 7.61. The lowest BCUT2D eigenvalue weighted by Gasteiger charge is -2.09. The van der Waals surface area contributed by atoms with Gasteiger partial charge in [0.2, 0.25) is 0 Å². The number of carbonyl (C=O) groups is 1. The molecule has 8 heteroatoms. The number of para-hydroxylation sites is 1. The molecule has 230 valence electrons. The van der Waals surface area contributed by atoms with Crippen LogP contribution < -0.4 is 11.2 Å². The van der Waals surface area contributed by atoms with E-state index < -0.39 is 0 Å². The monoisotopic (exact) mass is 614 g/mol.